The largest absolute Gasteiger partial charge is 0.391 e. The molecule has 1 aromatic rings. The molecule has 1 saturated heterocycles. The molecule has 1 aliphatic rings. The van der Waals surface area contributed by atoms with Crippen LogP contribution in [0, 0.1) is 11.8 Å². The van der Waals surface area contributed by atoms with Crippen LogP contribution >= 0.6 is 0 Å². The van der Waals surface area contributed by atoms with Crippen LogP contribution in [-0.4, -0.2) is 51.8 Å². The molecule has 1 aliphatic heterocycles. The highest BCUT2D eigenvalue weighted by Gasteiger charge is 2.23. The summed E-state index contributed by atoms with van der Waals surface area (Å²) in [6, 6.07) is 1.65. The number of nitrogens with zero attached hydrogens (tertiary/aromatic N) is 2. The molecule has 1 fully saturated rings. The van der Waals surface area contributed by atoms with Crippen molar-refractivity contribution in [2.45, 2.75) is 18.9 Å². The van der Waals surface area contributed by atoms with Crippen molar-refractivity contribution < 1.29 is 15.0 Å². The summed E-state index contributed by atoms with van der Waals surface area (Å²) in [5.41, 5.74) is 1.05. The lowest BCUT2D eigenvalue weighted by Crippen LogP contribution is -2.42. The normalized spacial score (nSPS) is 18.6. The molecule has 5 heteroatoms. The van der Waals surface area contributed by atoms with E-state index in [0.29, 0.717) is 24.2 Å². The van der Waals surface area contributed by atoms with Crippen molar-refractivity contribution in [3.05, 3.63) is 29.6 Å². The van der Waals surface area contributed by atoms with Crippen molar-refractivity contribution in [2.75, 3.05) is 19.7 Å². The van der Waals surface area contributed by atoms with E-state index in [2.05, 4.69) is 16.8 Å². The molecule has 0 radical (unpaired) electrons. The molecular weight excluding hydrogens is 244 g/mol. The van der Waals surface area contributed by atoms with Crippen molar-refractivity contribution >= 4 is 5.91 Å². The third-order valence-corrected chi connectivity index (χ3v) is 2.98. The summed E-state index contributed by atoms with van der Waals surface area (Å²) in [6.45, 7) is 0.796. The summed E-state index contributed by atoms with van der Waals surface area (Å²) in [7, 11) is 0. The SMILES string of the molecule is O=C(c1cncc(C#CCO)c1)N1CCCC(O)C1. The number of carbonyl (C=O) groups is 1. The van der Waals surface area contributed by atoms with Gasteiger partial charge in [-0.2, -0.15) is 0 Å². The predicted molar refractivity (Wildman–Crippen MR) is 69.3 cm³/mol. The van der Waals surface area contributed by atoms with E-state index in [4.69, 9.17) is 5.11 Å². The fourth-order valence-corrected chi connectivity index (χ4v) is 2.09. The van der Waals surface area contributed by atoms with Crippen LogP contribution in [0.15, 0.2) is 18.5 Å². The first kappa shape index (κ1) is 13.5. The fourth-order valence-electron chi connectivity index (χ4n) is 2.09. The number of aliphatic hydroxyl groups is 2. The number of carbonyl (C=O) groups excluding carboxylic acids is 1. The molecule has 0 aliphatic carbocycles. The summed E-state index contributed by atoms with van der Waals surface area (Å²) >= 11 is 0. The number of hydrogen-bond acceptors (Lipinski definition) is 4. The quantitative estimate of drug-likeness (QED) is 0.698. The fraction of sp³-hybridized carbons (Fsp3) is 0.429. The zero-order valence-corrected chi connectivity index (χ0v) is 10.5. The van der Waals surface area contributed by atoms with Gasteiger partial charge in [0.15, 0.2) is 0 Å². The van der Waals surface area contributed by atoms with Crippen molar-refractivity contribution in [2.24, 2.45) is 0 Å². The zero-order chi connectivity index (χ0) is 13.7. The van der Waals surface area contributed by atoms with Crippen molar-refractivity contribution in [3.63, 3.8) is 0 Å². The maximum absolute atomic E-state index is 12.2. The minimum atomic E-state index is -0.442. The summed E-state index contributed by atoms with van der Waals surface area (Å²) in [4.78, 5) is 17.9. The van der Waals surface area contributed by atoms with E-state index in [1.165, 1.54) is 6.20 Å². The standard InChI is InChI=1S/C14H16N2O3/c17-6-2-3-11-7-12(9-15-8-11)14(19)16-5-1-4-13(18)10-16/h7-9,13,17-18H,1,4-6,10H2. The first-order valence-corrected chi connectivity index (χ1v) is 6.23. The van der Waals surface area contributed by atoms with Gasteiger partial charge in [0.25, 0.3) is 5.91 Å². The van der Waals surface area contributed by atoms with E-state index < -0.39 is 6.10 Å². The molecule has 0 bridgehead atoms. The number of pyridine rings is 1. The van der Waals surface area contributed by atoms with Gasteiger partial charge in [0, 0.05) is 31.0 Å². The number of β-amino-alcohol motifs (C(OH)–C–C–N with tert-alkyl or cyclic N) is 1. The van der Waals surface area contributed by atoms with Crippen molar-refractivity contribution in [3.8, 4) is 11.8 Å². The maximum Gasteiger partial charge on any atom is 0.255 e. The van der Waals surface area contributed by atoms with Gasteiger partial charge in [-0.1, -0.05) is 11.8 Å². The van der Waals surface area contributed by atoms with Gasteiger partial charge in [-0.15, -0.1) is 0 Å². The molecule has 2 heterocycles. The lowest BCUT2D eigenvalue weighted by Gasteiger charge is -2.30. The first-order valence-electron chi connectivity index (χ1n) is 6.23. The Labute approximate surface area is 111 Å². The minimum absolute atomic E-state index is 0.140. The van der Waals surface area contributed by atoms with E-state index in [1.807, 2.05) is 0 Å². The highest BCUT2D eigenvalue weighted by molar-refractivity contribution is 5.94. The van der Waals surface area contributed by atoms with Gasteiger partial charge in [-0.05, 0) is 18.9 Å². The van der Waals surface area contributed by atoms with Crippen molar-refractivity contribution in [1.82, 2.24) is 9.88 Å². The Balaban J connectivity index is 2.14. The summed E-state index contributed by atoms with van der Waals surface area (Å²) in [5, 5.41) is 18.2. The molecule has 100 valence electrons. The number of rotatable bonds is 1. The van der Waals surface area contributed by atoms with Gasteiger partial charge in [-0.3, -0.25) is 9.78 Å². The molecule has 1 aromatic heterocycles. The van der Waals surface area contributed by atoms with Crippen LogP contribution < -0.4 is 0 Å². The average molecular weight is 260 g/mol. The highest BCUT2D eigenvalue weighted by atomic mass is 16.3. The van der Waals surface area contributed by atoms with Crippen LogP contribution in [-0.2, 0) is 0 Å². The third kappa shape index (κ3) is 3.53. The second-order valence-corrected chi connectivity index (χ2v) is 4.47. The molecule has 1 amide bonds. The Bertz CT molecular complexity index is 519. The molecule has 0 aromatic carbocycles. The van der Waals surface area contributed by atoms with E-state index in [9.17, 15) is 9.90 Å². The second-order valence-electron chi connectivity index (χ2n) is 4.47. The molecule has 19 heavy (non-hydrogen) atoms. The Kier molecular flexibility index (Phi) is 4.50. The Morgan fingerprint density at radius 2 is 2.37 bits per heavy atom. The molecule has 2 rings (SSSR count). The number of hydrogen-bond donors (Lipinski definition) is 2. The summed E-state index contributed by atoms with van der Waals surface area (Å²) in [5.74, 6) is 5.10. The molecule has 0 saturated carbocycles. The van der Waals surface area contributed by atoms with Crippen LogP contribution in [0.25, 0.3) is 0 Å². The highest BCUT2D eigenvalue weighted by Crippen LogP contribution is 2.13. The van der Waals surface area contributed by atoms with Crippen LogP contribution in [0.1, 0.15) is 28.8 Å². The third-order valence-electron chi connectivity index (χ3n) is 2.98. The topological polar surface area (TPSA) is 73.7 Å². The Morgan fingerprint density at radius 1 is 1.53 bits per heavy atom. The Morgan fingerprint density at radius 3 is 3.11 bits per heavy atom. The van der Waals surface area contributed by atoms with E-state index in [1.54, 1.807) is 17.2 Å². The molecule has 2 N–H and O–H groups in total. The van der Waals surface area contributed by atoms with Crippen LogP contribution in [0.4, 0.5) is 0 Å². The lowest BCUT2D eigenvalue weighted by atomic mass is 10.1. The second kappa shape index (κ2) is 6.32. The van der Waals surface area contributed by atoms with Crippen LogP contribution in [0.3, 0.4) is 0 Å². The van der Waals surface area contributed by atoms with E-state index in [0.717, 1.165) is 12.8 Å². The van der Waals surface area contributed by atoms with E-state index in [-0.39, 0.29) is 12.5 Å². The maximum atomic E-state index is 12.2. The molecule has 1 unspecified atom stereocenters. The number of aliphatic hydroxyl groups excluding tert-OH is 2. The van der Waals surface area contributed by atoms with Gasteiger partial charge < -0.3 is 15.1 Å². The lowest BCUT2D eigenvalue weighted by molar-refractivity contribution is 0.0473. The minimum Gasteiger partial charge on any atom is -0.391 e. The number of aromatic nitrogens is 1. The van der Waals surface area contributed by atoms with Gasteiger partial charge >= 0.3 is 0 Å². The first-order chi connectivity index (χ1) is 9.20. The van der Waals surface area contributed by atoms with E-state index >= 15 is 0 Å². The Hall–Kier alpha value is -1.90. The number of amides is 1. The number of piperidine rings is 1. The van der Waals surface area contributed by atoms with Crippen molar-refractivity contribution in [1.29, 1.82) is 0 Å². The molecule has 1 atom stereocenters. The van der Waals surface area contributed by atoms with Gasteiger partial charge in [-0.25, -0.2) is 0 Å². The summed E-state index contributed by atoms with van der Waals surface area (Å²) in [6.07, 6.45) is 4.15. The van der Waals surface area contributed by atoms with Gasteiger partial charge in [0.1, 0.15) is 6.61 Å². The van der Waals surface area contributed by atoms with Crippen LogP contribution in [0.5, 0.6) is 0 Å². The van der Waals surface area contributed by atoms with Gasteiger partial charge in [0.05, 0.1) is 11.7 Å². The predicted octanol–water partition coefficient (Wildman–Crippen LogP) is 0.0223. The average Bonchev–Trinajstić information content (AvgIpc) is 2.44. The molecular formula is C14H16N2O3. The molecule has 0 spiro atoms. The molecule has 5 nitrogen and oxygen atoms in total. The van der Waals surface area contributed by atoms with Gasteiger partial charge in [0.2, 0.25) is 0 Å². The number of likely N-dealkylation sites (tertiary alicyclic amines) is 1. The zero-order valence-electron chi connectivity index (χ0n) is 10.5. The smallest absolute Gasteiger partial charge is 0.255 e. The monoisotopic (exact) mass is 260 g/mol. The van der Waals surface area contributed by atoms with Crippen LogP contribution in [0.2, 0.25) is 0 Å². The summed E-state index contributed by atoms with van der Waals surface area (Å²) < 4.78 is 0.